The Kier molecular flexibility index (Phi) is 7.34. The number of esters is 1. The van der Waals surface area contributed by atoms with Gasteiger partial charge in [-0.2, -0.15) is 0 Å². The van der Waals surface area contributed by atoms with Gasteiger partial charge in [0.15, 0.2) is 0 Å². The number of fused-ring (bicyclic) bond motifs is 2. The highest BCUT2D eigenvalue weighted by Gasteiger charge is 2.35. The van der Waals surface area contributed by atoms with Crippen molar-refractivity contribution in [3.63, 3.8) is 0 Å². The molecule has 0 aromatic heterocycles. The third kappa shape index (κ3) is 5.77. The molecule has 3 aromatic carbocycles. The molecule has 0 spiro atoms. The lowest BCUT2D eigenvalue weighted by molar-refractivity contribution is -0.155. The number of nitrogens with one attached hydrogen (secondary N) is 1. The second kappa shape index (κ2) is 10.3. The van der Waals surface area contributed by atoms with Gasteiger partial charge in [0.1, 0.15) is 17.7 Å². The highest BCUT2D eigenvalue weighted by Crippen LogP contribution is 2.42. The van der Waals surface area contributed by atoms with Crippen LogP contribution in [0.2, 0.25) is 0 Å². The zero-order chi connectivity index (χ0) is 25.2. The molecule has 5 nitrogen and oxygen atoms in total. The summed E-state index contributed by atoms with van der Waals surface area (Å²) in [5.41, 5.74) is 0.622. The van der Waals surface area contributed by atoms with Crippen molar-refractivity contribution < 1.29 is 19.1 Å². The van der Waals surface area contributed by atoms with E-state index in [9.17, 15) is 9.59 Å². The molecule has 186 valence electrons. The average Bonchev–Trinajstić information content (AvgIpc) is 2.80. The van der Waals surface area contributed by atoms with E-state index in [1.165, 1.54) is 27.1 Å². The van der Waals surface area contributed by atoms with Gasteiger partial charge >= 0.3 is 12.1 Å². The molecule has 1 aliphatic carbocycles. The van der Waals surface area contributed by atoms with E-state index in [1.807, 2.05) is 13.8 Å². The van der Waals surface area contributed by atoms with Crippen LogP contribution in [0.1, 0.15) is 71.8 Å². The number of rotatable bonds is 5. The lowest BCUT2D eigenvalue weighted by Gasteiger charge is -2.34. The molecule has 1 aliphatic rings. The number of alkyl carbamates (subject to hydrolysis) is 1. The number of carbonyl (C=O) groups is 2. The van der Waals surface area contributed by atoms with Crippen molar-refractivity contribution in [1.29, 1.82) is 0 Å². The minimum absolute atomic E-state index is 0.0954. The summed E-state index contributed by atoms with van der Waals surface area (Å²) < 4.78 is 11.6. The number of ether oxygens (including phenoxy) is 2. The minimum Gasteiger partial charge on any atom is -0.460 e. The fourth-order valence-electron chi connectivity index (χ4n) is 5.17. The SMILES string of the molecule is CC(C)[C@H](NC(=O)OC(C)(C)C)C(=O)O[C@@H]1CCCC[C@H]1c1c2ccccc2cc2ccccc12. The maximum atomic E-state index is 13.4. The third-order valence-corrected chi connectivity index (χ3v) is 6.75. The van der Waals surface area contributed by atoms with Gasteiger partial charge in [-0.15, -0.1) is 0 Å². The first-order valence-electron chi connectivity index (χ1n) is 12.7. The Morgan fingerprint density at radius 3 is 2.06 bits per heavy atom. The molecule has 35 heavy (non-hydrogen) atoms. The smallest absolute Gasteiger partial charge is 0.408 e. The van der Waals surface area contributed by atoms with E-state index in [-0.39, 0.29) is 17.9 Å². The molecule has 0 saturated heterocycles. The second-order valence-corrected chi connectivity index (χ2v) is 11.0. The summed E-state index contributed by atoms with van der Waals surface area (Å²) in [6.07, 6.45) is 3.04. The molecule has 0 radical (unpaired) electrons. The van der Waals surface area contributed by atoms with Gasteiger partial charge in [0, 0.05) is 5.92 Å². The number of amides is 1. The van der Waals surface area contributed by atoms with E-state index in [0.29, 0.717) is 0 Å². The summed E-state index contributed by atoms with van der Waals surface area (Å²) in [5, 5.41) is 7.56. The Labute approximate surface area is 208 Å². The monoisotopic (exact) mass is 475 g/mol. The molecular weight excluding hydrogens is 438 g/mol. The van der Waals surface area contributed by atoms with Crippen LogP contribution in [0.5, 0.6) is 0 Å². The molecule has 4 rings (SSSR count). The Balaban J connectivity index is 1.65. The van der Waals surface area contributed by atoms with Crippen molar-refractivity contribution in [2.75, 3.05) is 0 Å². The maximum Gasteiger partial charge on any atom is 0.408 e. The zero-order valence-electron chi connectivity index (χ0n) is 21.5. The highest BCUT2D eigenvalue weighted by atomic mass is 16.6. The summed E-state index contributed by atoms with van der Waals surface area (Å²) in [6, 6.07) is 18.4. The fraction of sp³-hybridized carbons (Fsp3) is 0.467. The standard InChI is InChI=1S/C30H37NO4/c1-19(2)27(31-29(33)35-30(3,4)5)28(32)34-25-17-11-10-16-24(25)26-22-14-8-6-12-20(22)18-21-13-7-9-15-23(21)26/h6-9,12-15,18-19,24-25,27H,10-11,16-17H2,1-5H3,(H,31,33)/t24-,25-,27+/m1/s1. The van der Waals surface area contributed by atoms with Crippen molar-refractivity contribution in [1.82, 2.24) is 5.32 Å². The highest BCUT2D eigenvalue weighted by molar-refractivity contribution is 6.02. The molecular formula is C30H37NO4. The first kappa shape index (κ1) is 25.0. The van der Waals surface area contributed by atoms with Crippen molar-refractivity contribution >= 4 is 33.6 Å². The van der Waals surface area contributed by atoms with E-state index in [1.54, 1.807) is 20.8 Å². The van der Waals surface area contributed by atoms with Crippen molar-refractivity contribution in [3.8, 4) is 0 Å². The molecule has 1 saturated carbocycles. The van der Waals surface area contributed by atoms with Gasteiger partial charge in [-0.05, 0) is 79.1 Å². The number of hydrogen-bond donors (Lipinski definition) is 1. The van der Waals surface area contributed by atoms with E-state index in [4.69, 9.17) is 9.47 Å². The van der Waals surface area contributed by atoms with E-state index in [2.05, 4.69) is 59.9 Å². The van der Waals surface area contributed by atoms with Gasteiger partial charge in [0.25, 0.3) is 0 Å². The molecule has 1 amide bonds. The van der Waals surface area contributed by atoms with Gasteiger partial charge in [0.05, 0.1) is 0 Å². The van der Waals surface area contributed by atoms with Gasteiger partial charge in [-0.25, -0.2) is 9.59 Å². The predicted octanol–water partition coefficient (Wildman–Crippen LogP) is 7.11. The number of benzene rings is 3. The van der Waals surface area contributed by atoms with Crippen LogP contribution in [0.15, 0.2) is 54.6 Å². The molecule has 3 atom stereocenters. The van der Waals surface area contributed by atoms with Crippen molar-refractivity contribution in [2.45, 2.75) is 84.0 Å². The normalized spacial score (nSPS) is 19.5. The van der Waals surface area contributed by atoms with Crippen LogP contribution < -0.4 is 5.32 Å². The number of hydrogen-bond acceptors (Lipinski definition) is 4. The Hall–Kier alpha value is -3.08. The second-order valence-electron chi connectivity index (χ2n) is 11.0. The van der Waals surface area contributed by atoms with Crippen LogP contribution in [-0.4, -0.2) is 29.8 Å². The van der Waals surface area contributed by atoms with Gasteiger partial charge in [0.2, 0.25) is 0 Å². The van der Waals surface area contributed by atoms with Gasteiger partial charge in [-0.3, -0.25) is 0 Å². The molecule has 1 fully saturated rings. The van der Waals surface area contributed by atoms with Crippen molar-refractivity contribution in [3.05, 3.63) is 60.2 Å². The zero-order valence-corrected chi connectivity index (χ0v) is 21.5. The molecule has 0 unspecified atom stereocenters. The quantitative estimate of drug-likeness (QED) is 0.315. The van der Waals surface area contributed by atoms with Crippen LogP contribution >= 0.6 is 0 Å². The number of carbonyl (C=O) groups excluding carboxylic acids is 2. The Morgan fingerprint density at radius 2 is 1.49 bits per heavy atom. The van der Waals surface area contributed by atoms with Crippen LogP contribution in [0, 0.1) is 5.92 Å². The first-order valence-corrected chi connectivity index (χ1v) is 12.7. The van der Waals surface area contributed by atoms with Gasteiger partial charge < -0.3 is 14.8 Å². The van der Waals surface area contributed by atoms with Crippen molar-refractivity contribution in [2.24, 2.45) is 5.92 Å². The molecule has 3 aromatic rings. The summed E-state index contributed by atoms with van der Waals surface area (Å²) >= 11 is 0. The average molecular weight is 476 g/mol. The summed E-state index contributed by atoms with van der Waals surface area (Å²) in [6.45, 7) is 9.21. The van der Waals surface area contributed by atoms with Crippen LogP contribution in [0.4, 0.5) is 4.79 Å². The molecule has 5 heteroatoms. The van der Waals surface area contributed by atoms with E-state index < -0.39 is 23.7 Å². The minimum atomic E-state index is -0.767. The van der Waals surface area contributed by atoms with Crippen LogP contribution in [-0.2, 0) is 14.3 Å². The lowest BCUT2D eigenvalue weighted by Crippen LogP contribution is -2.48. The van der Waals surface area contributed by atoms with Crippen LogP contribution in [0.25, 0.3) is 21.5 Å². The molecule has 0 bridgehead atoms. The Bertz CT molecular complexity index is 1160. The summed E-state index contributed by atoms with van der Waals surface area (Å²) in [7, 11) is 0. The van der Waals surface area contributed by atoms with E-state index >= 15 is 0 Å². The fourth-order valence-corrected chi connectivity index (χ4v) is 5.17. The maximum absolute atomic E-state index is 13.4. The first-order chi connectivity index (χ1) is 16.6. The lowest BCUT2D eigenvalue weighted by atomic mass is 9.77. The Morgan fingerprint density at radius 1 is 0.914 bits per heavy atom. The van der Waals surface area contributed by atoms with Gasteiger partial charge in [-0.1, -0.05) is 68.8 Å². The molecule has 0 aliphatic heterocycles. The third-order valence-electron chi connectivity index (χ3n) is 6.75. The largest absolute Gasteiger partial charge is 0.460 e. The summed E-state index contributed by atoms with van der Waals surface area (Å²) in [4.78, 5) is 25.8. The molecule has 1 N–H and O–H groups in total. The van der Waals surface area contributed by atoms with Crippen LogP contribution in [0.3, 0.4) is 0 Å². The predicted molar refractivity (Wildman–Crippen MR) is 141 cm³/mol. The van der Waals surface area contributed by atoms with E-state index in [0.717, 1.165) is 25.7 Å². The molecule has 0 heterocycles. The summed E-state index contributed by atoms with van der Waals surface area (Å²) in [5.74, 6) is -0.430. The topological polar surface area (TPSA) is 64.6 Å².